The van der Waals surface area contributed by atoms with Gasteiger partial charge in [0, 0.05) is 17.5 Å². The highest BCUT2D eigenvalue weighted by atomic mass is 35.5. The Balaban J connectivity index is 0.00000300. The van der Waals surface area contributed by atoms with Gasteiger partial charge in [-0.15, -0.1) is 12.4 Å². The zero-order valence-corrected chi connectivity index (χ0v) is 18.7. The number of benzene rings is 1. The standard InChI is InChI=1S/C22H30N2O4.ClH/c1-13-9-17-18(11-22(3,4)12-20(17)28-13)24-21(25)23-14(2)16-10-15(26-5)7-8-19(16)27-6;/h7-10,14,18H,11-12H2,1-6H3,(H2,23,24,25);1H. The Morgan fingerprint density at radius 2 is 1.97 bits per heavy atom. The lowest BCUT2D eigenvalue weighted by molar-refractivity contribution is 0.212. The topological polar surface area (TPSA) is 72.7 Å². The summed E-state index contributed by atoms with van der Waals surface area (Å²) in [4.78, 5) is 12.8. The van der Waals surface area contributed by atoms with Gasteiger partial charge < -0.3 is 24.5 Å². The molecule has 2 amide bonds. The van der Waals surface area contributed by atoms with Gasteiger partial charge in [-0.3, -0.25) is 0 Å². The van der Waals surface area contributed by atoms with Crippen molar-refractivity contribution < 1.29 is 18.7 Å². The SMILES string of the molecule is COc1ccc(OC)c(C(C)NC(=O)NC2CC(C)(C)Cc3oc(C)cc32)c1.Cl. The molecule has 7 heteroatoms. The number of halogens is 1. The van der Waals surface area contributed by atoms with Crippen molar-refractivity contribution in [2.24, 2.45) is 5.41 Å². The van der Waals surface area contributed by atoms with E-state index >= 15 is 0 Å². The summed E-state index contributed by atoms with van der Waals surface area (Å²) in [5.74, 6) is 3.28. The lowest BCUT2D eigenvalue weighted by atomic mass is 9.75. The third-order valence-corrected chi connectivity index (χ3v) is 5.29. The van der Waals surface area contributed by atoms with E-state index in [1.54, 1.807) is 14.2 Å². The average Bonchev–Trinajstić information content (AvgIpc) is 2.99. The van der Waals surface area contributed by atoms with E-state index in [9.17, 15) is 4.79 Å². The van der Waals surface area contributed by atoms with Crippen LogP contribution in [0.4, 0.5) is 4.79 Å². The number of carbonyl (C=O) groups excluding carboxylic acids is 1. The summed E-state index contributed by atoms with van der Waals surface area (Å²) >= 11 is 0. The second-order valence-corrected chi connectivity index (χ2v) is 8.28. The number of urea groups is 1. The monoisotopic (exact) mass is 422 g/mol. The van der Waals surface area contributed by atoms with E-state index in [4.69, 9.17) is 13.9 Å². The van der Waals surface area contributed by atoms with Crippen molar-refractivity contribution in [3.63, 3.8) is 0 Å². The molecule has 0 spiro atoms. The maximum absolute atomic E-state index is 12.8. The number of hydrogen-bond donors (Lipinski definition) is 2. The summed E-state index contributed by atoms with van der Waals surface area (Å²) < 4.78 is 16.6. The highest BCUT2D eigenvalue weighted by Crippen LogP contribution is 2.42. The van der Waals surface area contributed by atoms with Gasteiger partial charge in [-0.1, -0.05) is 13.8 Å². The summed E-state index contributed by atoms with van der Waals surface area (Å²) in [6.07, 6.45) is 1.75. The Morgan fingerprint density at radius 3 is 2.62 bits per heavy atom. The molecule has 3 rings (SSSR count). The second kappa shape index (κ2) is 8.99. The number of amides is 2. The molecule has 2 N–H and O–H groups in total. The van der Waals surface area contributed by atoms with E-state index in [1.807, 2.05) is 38.1 Å². The second-order valence-electron chi connectivity index (χ2n) is 8.28. The van der Waals surface area contributed by atoms with Gasteiger partial charge >= 0.3 is 6.03 Å². The van der Waals surface area contributed by atoms with E-state index in [-0.39, 0.29) is 35.9 Å². The Hall–Kier alpha value is -2.34. The highest BCUT2D eigenvalue weighted by molar-refractivity contribution is 5.85. The van der Waals surface area contributed by atoms with E-state index in [1.165, 1.54) is 0 Å². The number of furan rings is 1. The number of hydrogen-bond acceptors (Lipinski definition) is 4. The number of ether oxygens (including phenoxy) is 2. The zero-order valence-electron chi connectivity index (χ0n) is 17.9. The van der Waals surface area contributed by atoms with Crippen molar-refractivity contribution in [2.45, 2.75) is 52.6 Å². The fourth-order valence-electron chi connectivity index (χ4n) is 3.97. The van der Waals surface area contributed by atoms with Crippen LogP contribution in [-0.2, 0) is 6.42 Å². The fourth-order valence-corrected chi connectivity index (χ4v) is 3.97. The minimum absolute atomic E-state index is 0. The molecule has 0 bridgehead atoms. The molecule has 0 radical (unpaired) electrons. The molecule has 1 heterocycles. The highest BCUT2D eigenvalue weighted by Gasteiger charge is 2.35. The first-order valence-corrected chi connectivity index (χ1v) is 9.60. The molecule has 0 saturated heterocycles. The van der Waals surface area contributed by atoms with Crippen LogP contribution in [0.2, 0.25) is 0 Å². The molecule has 0 aliphatic heterocycles. The van der Waals surface area contributed by atoms with Crippen LogP contribution in [0.25, 0.3) is 0 Å². The largest absolute Gasteiger partial charge is 0.497 e. The Labute approximate surface area is 178 Å². The average molecular weight is 423 g/mol. The van der Waals surface area contributed by atoms with Crippen LogP contribution in [0.1, 0.15) is 61.9 Å². The molecule has 0 saturated carbocycles. The quantitative estimate of drug-likeness (QED) is 0.702. The fraction of sp³-hybridized carbons (Fsp3) is 0.500. The minimum atomic E-state index is -0.243. The number of carbonyl (C=O) groups is 1. The molecule has 2 aromatic rings. The Kier molecular flexibility index (Phi) is 7.11. The van der Waals surface area contributed by atoms with E-state index in [2.05, 4.69) is 24.5 Å². The lowest BCUT2D eigenvalue weighted by Crippen LogP contribution is -2.42. The first-order valence-electron chi connectivity index (χ1n) is 9.60. The molecule has 29 heavy (non-hydrogen) atoms. The van der Waals surface area contributed by atoms with Crippen LogP contribution in [0.5, 0.6) is 11.5 Å². The van der Waals surface area contributed by atoms with Gasteiger partial charge in [-0.2, -0.15) is 0 Å². The summed E-state index contributed by atoms with van der Waals surface area (Å²) in [5.41, 5.74) is 2.01. The van der Waals surface area contributed by atoms with Crippen molar-refractivity contribution in [1.29, 1.82) is 0 Å². The maximum atomic E-state index is 12.8. The first kappa shape index (κ1) is 22.9. The number of rotatable bonds is 5. The first-order chi connectivity index (χ1) is 13.2. The maximum Gasteiger partial charge on any atom is 0.315 e. The number of methoxy groups -OCH3 is 2. The minimum Gasteiger partial charge on any atom is -0.497 e. The Morgan fingerprint density at radius 1 is 1.24 bits per heavy atom. The molecule has 6 nitrogen and oxygen atoms in total. The van der Waals surface area contributed by atoms with Crippen molar-refractivity contribution in [2.75, 3.05) is 14.2 Å². The van der Waals surface area contributed by atoms with E-state index < -0.39 is 0 Å². The van der Waals surface area contributed by atoms with Gasteiger partial charge in [-0.25, -0.2) is 4.79 Å². The molecule has 1 aromatic heterocycles. The predicted molar refractivity (Wildman–Crippen MR) is 115 cm³/mol. The number of fused-ring (bicyclic) bond motifs is 1. The summed E-state index contributed by atoms with van der Waals surface area (Å²) in [6.45, 7) is 8.27. The molecular formula is C22H31ClN2O4. The number of nitrogens with one attached hydrogen (secondary N) is 2. The normalized spacial score (nSPS) is 18.1. The van der Waals surface area contributed by atoms with Gasteiger partial charge in [0.2, 0.25) is 0 Å². The van der Waals surface area contributed by atoms with Gasteiger partial charge in [0.05, 0.1) is 26.3 Å². The van der Waals surface area contributed by atoms with Crippen molar-refractivity contribution in [3.8, 4) is 11.5 Å². The molecular weight excluding hydrogens is 392 g/mol. The Bertz CT molecular complexity index is 862. The van der Waals surface area contributed by atoms with Crippen molar-refractivity contribution in [1.82, 2.24) is 10.6 Å². The third-order valence-electron chi connectivity index (χ3n) is 5.29. The van der Waals surface area contributed by atoms with Crippen LogP contribution >= 0.6 is 12.4 Å². The van der Waals surface area contributed by atoms with Crippen molar-refractivity contribution >= 4 is 18.4 Å². The molecule has 1 aliphatic carbocycles. The van der Waals surface area contributed by atoms with Crippen LogP contribution in [0, 0.1) is 12.3 Å². The third kappa shape index (κ3) is 5.18. The molecule has 1 aliphatic rings. The summed E-state index contributed by atoms with van der Waals surface area (Å²) in [7, 11) is 3.23. The van der Waals surface area contributed by atoms with Gasteiger partial charge in [-0.05, 0) is 49.9 Å². The van der Waals surface area contributed by atoms with Gasteiger partial charge in [0.25, 0.3) is 0 Å². The molecule has 160 valence electrons. The molecule has 1 aromatic carbocycles. The zero-order chi connectivity index (χ0) is 20.5. The molecule has 2 unspecified atom stereocenters. The van der Waals surface area contributed by atoms with Crippen LogP contribution in [-0.4, -0.2) is 20.3 Å². The van der Waals surface area contributed by atoms with Crippen LogP contribution in [0.3, 0.4) is 0 Å². The summed E-state index contributed by atoms with van der Waals surface area (Å²) in [6, 6.07) is 7.05. The van der Waals surface area contributed by atoms with Gasteiger partial charge in [0.1, 0.15) is 23.0 Å². The van der Waals surface area contributed by atoms with Gasteiger partial charge in [0.15, 0.2) is 0 Å². The van der Waals surface area contributed by atoms with Crippen LogP contribution in [0.15, 0.2) is 28.7 Å². The van der Waals surface area contributed by atoms with E-state index in [0.29, 0.717) is 5.75 Å². The predicted octanol–water partition coefficient (Wildman–Crippen LogP) is 5.10. The van der Waals surface area contributed by atoms with E-state index in [0.717, 1.165) is 41.2 Å². The molecule has 0 fully saturated rings. The summed E-state index contributed by atoms with van der Waals surface area (Å²) in [5, 5.41) is 6.15. The van der Waals surface area contributed by atoms with Crippen LogP contribution < -0.4 is 20.1 Å². The smallest absolute Gasteiger partial charge is 0.315 e. The molecule has 2 atom stereocenters. The van der Waals surface area contributed by atoms with Crippen molar-refractivity contribution in [3.05, 3.63) is 46.9 Å². The number of aryl methyl sites for hydroxylation is 1. The lowest BCUT2D eigenvalue weighted by Gasteiger charge is -2.35.